The molecule has 3 aromatic rings. The van der Waals surface area contributed by atoms with E-state index in [0.29, 0.717) is 5.69 Å². The lowest BCUT2D eigenvalue weighted by Gasteiger charge is -2.34. The van der Waals surface area contributed by atoms with Crippen LogP contribution in [0.25, 0.3) is 15.7 Å². The average Bonchev–Trinajstić information content (AvgIpc) is 2.76. The number of pyridine rings is 1. The number of aryl methyl sites for hydroxylation is 1. The molecule has 0 spiro atoms. The highest BCUT2D eigenvalue weighted by atomic mass is 16.5. The number of anilines is 1. The van der Waals surface area contributed by atoms with Gasteiger partial charge in [-0.1, -0.05) is 39.0 Å². The molecule has 0 amide bonds. The fourth-order valence-corrected chi connectivity index (χ4v) is 4.20. The van der Waals surface area contributed by atoms with E-state index in [9.17, 15) is 4.79 Å². The molecule has 0 N–H and O–H groups in total. The smallest absolute Gasteiger partial charge is 0.252 e. The van der Waals surface area contributed by atoms with E-state index in [-0.39, 0.29) is 17.1 Å². The Labute approximate surface area is 183 Å². The molecule has 0 radical (unpaired) electrons. The van der Waals surface area contributed by atoms with Crippen molar-refractivity contribution in [3.05, 3.63) is 75.9 Å². The van der Waals surface area contributed by atoms with E-state index < -0.39 is 0 Å². The standard InChI is InChI=1S/C26H29N3O2/c1-26(2,3)18-6-9-20(10-7-18)31-21-12-14-29(15-13-21)24-17-25(30)28(5)23-11-8-19(27-4)16-22(23)24/h6-11,16-17,21H,12-15H2,1-3,5H3. The van der Waals surface area contributed by atoms with Crippen LogP contribution in [0, 0.1) is 6.57 Å². The van der Waals surface area contributed by atoms with Crippen LogP contribution in [0.4, 0.5) is 11.4 Å². The van der Waals surface area contributed by atoms with E-state index in [0.717, 1.165) is 48.3 Å². The topological polar surface area (TPSA) is 38.8 Å². The van der Waals surface area contributed by atoms with Gasteiger partial charge in [0.1, 0.15) is 11.9 Å². The highest BCUT2D eigenvalue weighted by Crippen LogP contribution is 2.31. The average molecular weight is 416 g/mol. The van der Waals surface area contributed by atoms with Crippen molar-refractivity contribution >= 4 is 22.3 Å². The summed E-state index contributed by atoms with van der Waals surface area (Å²) in [7, 11) is 1.77. The van der Waals surface area contributed by atoms with Gasteiger partial charge in [-0.3, -0.25) is 4.79 Å². The number of piperidine rings is 1. The Kier molecular flexibility index (Phi) is 5.49. The fraction of sp³-hybridized carbons (Fsp3) is 0.385. The van der Waals surface area contributed by atoms with Crippen molar-refractivity contribution in [3.63, 3.8) is 0 Å². The van der Waals surface area contributed by atoms with Gasteiger partial charge in [-0.05, 0) is 35.2 Å². The molecule has 0 unspecified atom stereocenters. The highest BCUT2D eigenvalue weighted by Gasteiger charge is 2.23. The Bertz CT molecular complexity index is 1190. The SMILES string of the molecule is [C-]#[N+]c1ccc2c(c1)c(N1CCC(Oc3ccc(C(C)(C)C)cc3)CC1)cc(=O)n2C. The zero-order valence-corrected chi connectivity index (χ0v) is 18.7. The first kappa shape index (κ1) is 21.0. The van der Waals surface area contributed by atoms with Gasteiger partial charge >= 0.3 is 0 Å². The molecule has 1 aromatic heterocycles. The van der Waals surface area contributed by atoms with Crippen LogP contribution in [-0.2, 0) is 12.5 Å². The van der Waals surface area contributed by atoms with Gasteiger partial charge in [0, 0.05) is 44.4 Å². The molecule has 5 nitrogen and oxygen atoms in total. The summed E-state index contributed by atoms with van der Waals surface area (Å²) in [5.74, 6) is 0.909. The van der Waals surface area contributed by atoms with Gasteiger partial charge in [-0.2, -0.15) is 0 Å². The monoisotopic (exact) mass is 415 g/mol. The van der Waals surface area contributed by atoms with E-state index in [4.69, 9.17) is 11.3 Å². The molecular formula is C26H29N3O2. The van der Waals surface area contributed by atoms with Gasteiger partial charge < -0.3 is 14.2 Å². The molecule has 0 bridgehead atoms. The van der Waals surface area contributed by atoms with Gasteiger partial charge in [0.25, 0.3) is 5.56 Å². The summed E-state index contributed by atoms with van der Waals surface area (Å²) in [6.07, 6.45) is 1.94. The van der Waals surface area contributed by atoms with Crippen LogP contribution < -0.4 is 15.2 Å². The van der Waals surface area contributed by atoms with Crippen molar-refractivity contribution in [2.75, 3.05) is 18.0 Å². The first-order valence-electron chi connectivity index (χ1n) is 10.8. The zero-order chi connectivity index (χ0) is 22.2. The highest BCUT2D eigenvalue weighted by molar-refractivity contribution is 5.94. The third-order valence-corrected chi connectivity index (χ3v) is 6.14. The maximum absolute atomic E-state index is 12.5. The lowest BCUT2D eigenvalue weighted by Crippen LogP contribution is -2.39. The quantitative estimate of drug-likeness (QED) is 0.535. The number of rotatable bonds is 3. The van der Waals surface area contributed by atoms with Gasteiger partial charge in [-0.25, -0.2) is 4.85 Å². The summed E-state index contributed by atoms with van der Waals surface area (Å²) in [4.78, 5) is 18.3. The molecule has 1 saturated heterocycles. The van der Waals surface area contributed by atoms with Gasteiger partial charge in [0.05, 0.1) is 17.8 Å². The Hall–Kier alpha value is -3.26. The molecule has 1 aliphatic heterocycles. The summed E-state index contributed by atoms with van der Waals surface area (Å²) in [6, 6.07) is 15.6. The van der Waals surface area contributed by atoms with E-state index in [2.05, 4.69) is 54.8 Å². The molecule has 0 aliphatic carbocycles. The van der Waals surface area contributed by atoms with Crippen molar-refractivity contribution in [1.29, 1.82) is 0 Å². The number of aromatic nitrogens is 1. The number of nitrogens with zero attached hydrogens (tertiary/aromatic N) is 3. The summed E-state index contributed by atoms with van der Waals surface area (Å²) in [5, 5.41) is 0.952. The molecule has 1 aliphatic rings. The minimum atomic E-state index is -0.0321. The Balaban J connectivity index is 1.50. The molecule has 0 saturated carbocycles. The third kappa shape index (κ3) is 4.29. The molecule has 4 rings (SSSR count). The van der Waals surface area contributed by atoms with Crippen LogP contribution in [0.15, 0.2) is 53.3 Å². The van der Waals surface area contributed by atoms with E-state index in [1.165, 1.54) is 5.56 Å². The van der Waals surface area contributed by atoms with E-state index in [1.807, 2.05) is 12.1 Å². The summed E-state index contributed by atoms with van der Waals surface area (Å²) >= 11 is 0. The lowest BCUT2D eigenvalue weighted by molar-refractivity contribution is 0.171. The van der Waals surface area contributed by atoms with Crippen molar-refractivity contribution < 1.29 is 4.74 Å². The van der Waals surface area contributed by atoms with Gasteiger partial charge in [0.2, 0.25) is 0 Å². The summed E-state index contributed by atoms with van der Waals surface area (Å²) in [6.45, 7) is 15.6. The minimum Gasteiger partial charge on any atom is -0.490 e. The molecule has 2 heterocycles. The maximum atomic E-state index is 12.5. The van der Waals surface area contributed by atoms with Crippen molar-refractivity contribution in [1.82, 2.24) is 4.57 Å². The number of hydrogen-bond acceptors (Lipinski definition) is 3. The van der Waals surface area contributed by atoms with Crippen LogP contribution in [0.1, 0.15) is 39.2 Å². The molecule has 31 heavy (non-hydrogen) atoms. The van der Waals surface area contributed by atoms with E-state index in [1.54, 1.807) is 23.7 Å². The number of benzene rings is 2. The lowest BCUT2D eigenvalue weighted by atomic mass is 9.87. The molecule has 1 fully saturated rings. The second kappa shape index (κ2) is 8.11. The first-order chi connectivity index (χ1) is 14.8. The normalized spacial score (nSPS) is 15.1. The van der Waals surface area contributed by atoms with Crippen LogP contribution in [0.2, 0.25) is 0 Å². The predicted molar refractivity (Wildman–Crippen MR) is 126 cm³/mol. The van der Waals surface area contributed by atoms with Crippen molar-refractivity contribution in [3.8, 4) is 5.75 Å². The molecular weight excluding hydrogens is 386 g/mol. The molecule has 5 heteroatoms. The van der Waals surface area contributed by atoms with Gasteiger partial charge in [-0.15, -0.1) is 0 Å². The third-order valence-electron chi connectivity index (χ3n) is 6.14. The van der Waals surface area contributed by atoms with Crippen molar-refractivity contribution in [2.24, 2.45) is 7.05 Å². The van der Waals surface area contributed by atoms with Crippen LogP contribution in [0.3, 0.4) is 0 Å². The fourth-order valence-electron chi connectivity index (χ4n) is 4.20. The van der Waals surface area contributed by atoms with Crippen LogP contribution >= 0.6 is 0 Å². The number of hydrogen-bond donors (Lipinski definition) is 0. The number of ether oxygens (including phenoxy) is 1. The van der Waals surface area contributed by atoms with Crippen LogP contribution in [0.5, 0.6) is 5.75 Å². The van der Waals surface area contributed by atoms with Gasteiger partial charge in [0.15, 0.2) is 5.69 Å². The maximum Gasteiger partial charge on any atom is 0.252 e. The second-order valence-corrected chi connectivity index (χ2v) is 9.32. The van der Waals surface area contributed by atoms with E-state index >= 15 is 0 Å². The second-order valence-electron chi connectivity index (χ2n) is 9.32. The number of fused-ring (bicyclic) bond motifs is 1. The zero-order valence-electron chi connectivity index (χ0n) is 18.7. The Morgan fingerprint density at radius 1 is 1.03 bits per heavy atom. The predicted octanol–water partition coefficient (Wildman–Crippen LogP) is 5.43. The largest absolute Gasteiger partial charge is 0.490 e. The molecule has 2 aromatic carbocycles. The summed E-state index contributed by atoms with van der Waals surface area (Å²) in [5.41, 5.74) is 3.75. The Morgan fingerprint density at radius 3 is 2.32 bits per heavy atom. The minimum absolute atomic E-state index is 0.0321. The van der Waals surface area contributed by atoms with Crippen molar-refractivity contribution in [2.45, 2.75) is 45.1 Å². The molecule has 0 atom stereocenters. The first-order valence-corrected chi connectivity index (χ1v) is 10.8. The Morgan fingerprint density at radius 2 is 1.71 bits per heavy atom. The van der Waals surface area contributed by atoms with Crippen LogP contribution in [-0.4, -0.2) is 23.8 Å². The summed E-state index contributed by atoms with van der Waals surface area (Å²) < 4.78 is 7.88. The molecule has 160 valence electrons.